The van der Waals surface area contributed by atoms with Crippen LogP contribution in [0.1, 0.15) is 37.8 Å². The van der Waals surface area contributed by atoms with E-state index in [-0.39, 0.29) is 0 Å². The Balaban J connectivity index is 0.000000450. The maximum absolute atomic E-state index is 9.10. The summed E-state index contributed by atoms with van der Waals surface area (Å²) in [5, 5.41) is 14.8. The molecule has 0 atom stereocenters. The molecule has 2 rings (SSSR count). The fraction of sp³-hybridized carbons (Fsp3) is 0.579. The summed E-state index contributed by atoms with van der Waals surface area (Å²) in [6.45, 7) is 12.8. The van der Waals surface area contributed by atoms with Gasteiger partial charge in [0.15, 0.2) is 0 Å². The highest BCUT2D eigenvalue weighted by Gasteiger charge is 2.21. The van der Waals surface area contributed by atoms with E-state index in [0.717, 1.165) is 12.6 Å². The lowest BCUT2D eigenvalue weighted by Gasteiger charge is -2.38. The molecule has 0 spiro atoms. The largest absolute Gasteiger partial charge is 0.473 e. The van der Waals surface area contributed by atoms with Crippen molar-refractivity contribution in [2.45, 2.75) is 46.2 Å². The average Bonchev–Trinajstić information content (AvgIpc) is 2.58. The lowest BCUT2D eigenvalue weighted by atomic mass is 10.1. The van der Waals surface area contributed by atoms with Crippen LogP contribution in [-0.2, 0) is 16.1 Å². The van der Waals surface area contributed by atoms with Gasteiger partial charge in [0, 0.05) is 38.8 Å². The molecule has 25 heavy (non-hydrogen) atoms. The molecule has 0 aromatic heterocycles. The van der Waals surface area contributed by atoms with Gasteiger partial charge >= 0.3 is 11.9 Å². The quantitative estimate of drug-likeness (QED) is 0.794. The van der Waals surface area contributed by atoms with Gasteiger partial charge in [-0.3, -0.25) is 9.80 Å². The molecular formula is C19H30N2O4. The van der Waals surface area contributed by atoms with Gasteiger partial charge in [-0.2, -0.15) is 0 Å². The van der Waals surface area contributed by atoms with Crippen molar-refractivity contribution < 1.29 is 19.8 Å². The number of carboxylic acid groups (broad SMARTS) is 2. The standard InChI is InChI=1S/C17H28N2.C2H2O4/c1-4-17(5-2)19-11-9-18(10-12-19)14-16-8-6-7-15(3)13-16;3-1(4)2(5)6/h6-8,13,17H,4-5,9-12,14H2,1-3H3;(H,3,4)(H,5,6). The van der Waals surface area contributed by atoms with E-state index in [2.05, 4.69) is 54.8 Å². The second-order valence-corrected chi connectivity index (χ2v) is 6.38. The molecule has 1 aliphatic heterocycles. The summed E-state index contributed by atoms with van der Waals surface area (Å²) in [4.78, 5) is 23.5. The minimum atomic E-state index is -1.82. The lowest BCUT2D eigenvalue weighted by molar-refractivity contribution is -0.159. The number of aliphatic carboxylic acids is 2. The molecule has 1 saturated heterocycles. The molecule has 140 valence electrons. The number of carboxylic acids is 2. The Bertz CT molecular complexity index is 538. The zero-order valence-corrected chi connectivity index (χ0v) is 15.4. The molecule has 1 aromatic rings. The molecule has 0 bridgehead atoms. The Morgan fingerprint density at radius 1 is 1.04 bits per heavy atom. The maximum atomic E-state index is 9.10. The lowest BCUT2D eigenvalue weighted by Crippen LogP contribution is -2.49. The molecular weight excluding hydrogens is 320 g/mol. The van der Waals surface area contributed by atoms with Crippen LogP contribution in [0.25, 0.3) is 0 Å². The highest BCUT2D eigenvalue weighted by molar-refractivity contribution is 6.27. The van der Waals surface area contributed by atoms with Crippen molar-refractivity contribution in [3.63, 3.8) is 0 Å². The minimum Gasteiger partial charge on any atom is -0.473 e. The number of rotatable bonds is 5. The number of piperazine rings is 1. The minimum absolute atomic E-state index is 0.793. The summed E-state index contributed by atoms with van der Waals surface area (Å²) in [6, 6.07) is 9.70. The first-order chi connectivity index (χ1) is 11.9. The summed E-state index contributed by atoms with van der Waals surface area (Å²) >= 11 is 0. The van der Waals surface area contributed by atoms with Crippen LogP contribution >= 0.6 is 0 Å². The van der Waals surface area contributed by atoms with Crippen molar-refractivity contribution >= 4 is 11.9 Å². The highest BCUT2D eigenvalue weighted by Crippen LogP contribution is 2.14. The molecule has 1 heterocycles. The normalized spacial score (nSPS) is 15.5. The van der Waals surface area contributed by atoms with Gasteiger partial charge < -0.3 is 10.2 Å². The molecule has 0 aliphatic carbocycles. The Morgan fingerprint density at radius 3 is 2.04 bits per heavy atom. The van der Waals surface area contributed by atoms with Crippen LogP contribution in [0.5, 0.6) is 0 Å². The van der Waals surface area contributed by atoms with Crippen molar-refractivity contribution in [1.29, 1.82) is 0 Å². The topological polar surface area (TPSA) is 81.1 Å². The number of aryl methyl sites for hydroxylation is 1. The predicted octanol–water partition coefficient (Wildman–Crippen LogP) is 2.46. The average molecular weight is 350 g/mol. The Labute approximate surface area is 150 Å². The van der Waals surface area contributed by atoms with Crippen LogP contribution in [0.2, 0.25) is 0 Å². The molecule has 1 aromatic carbocycles. The van der Waals surface area contributed by atoms with Crippen LogP contribution in [0.3, 0.4) is 0 Å². The van der Waals surface area contributed by atoms with E-state index in [1.54, 1.807) is 0 Å². The molecule has 0 unspecified atom stereocenters. The van der Waals surface area contributed by atoms with Crippen LogP contribution in [0.4, 0.5) is 0 Å². The molecule has 0 saturated carbocycles. The second kappa shape index (κ2) is 10.8. The summed E-state index contributed by atoms with van der Waals surface area (Å²) in [6.07, 6.45) is 2.57. The Kier molecular flexibility index (Phi) is 9.16. The molecule has 1 fully saturated rings. The Hall–Kier alpha value is -1.92. The summed E-state index contributed by atoms with van der Waals surface area (Å²) in [5.74, 6) is -3.65. The number of benzene rings is 1. The molecule has 0 radical (unpaired) electrons. The van der Waals surface area contributed by atoms with E-state index in [9.17, 15) is 0 Å². The van der Waals surface area contributed by atoms with Crippen LogP contribution < -0.4 is 0 Å². The van der Waals surface area contributed by atoms with Crippen LogP contribution in [-0.4, -0.2) is 64.2 Å². The number of hydrogen-bond donors (Lipinski definition) is 2. The van der Waals surface area contributed by atoms with Crippen molar-refractivity contribution in [2.75, 3.05) is 26.2 Å². The van der Waals surface area contributed by atoms with E-state index < -0.39 is 11.9 Å². The zero-order valence-electron chi connectivity index (χ0n) is 15.4. The van der Waals surface area contributed by atoms with Crippen molar-refractivity contribution in [3.05, 3.63) is 35.4 Å². The van der Waals surface area contributed by atoms with Crippen molar-refractivity contribution in [2.24, 2.45) is 0 Å². The SMILES string of the molecule is CCC(CC)N1CCN(Cc2cccc(C)c2)CC1.O=C(O)C(=O)O. The van der Waals surface area contributed by atoms with Gasteiger partial charge in [-0.15, -0.1) is 0 Å². The molecule has 6 heteroatoms. The molecule has 0 amide bonds. The van der Waals surface area contributed by atoms with Gasteiger partial charge in [0.05, 0.1) is 0 Å². The van der Waals surface area contributed by atoms with Gasteiger partial charge in [0.2, 0.25) is 0 Å². The fourth-order valence-electron chi connectivity index (χ4n) is 3.16. The van der Waals surface area contributed by atoms with E-state index in [0.29, 0.717) is 0 Å². The summed E-state index contributed by atoms with van der Waals surface area (Å²) < 4.78 is 0. The van der Waals surface area contributed by atoms with E-state index in [4.69, 9.17) is 19.8 Å². The van der Waals surface area contributed by atoms with Gasteiger partial charge in [-0.1, -0.05) is 43.7 Å². The monoisotopic (exact) mass is 350 g/mol. The highest BCUT2D eigenvalue weighted by atomic mass is 16.4. The number of hydrogen-bond acceptors (Lipinski definition) is 4. The fourth-order valence-corrected chi connectivity index (χ4v) is 3.16. The molecule has 6 nitrogen and oxygen atoms in total. The first-order valence-electron chi connectivity index (χ1n) is 8.85. The predicted molar refractivity (Wildman–Crippen MR) is 97.7 cm³/mol. The van der Waals surface area contributed by atoms with Crippen molar-refractivity contribution in [3.8, 4) is 0 Å². The first kappa shape index (κ1) is 21.1. The van der Waals surface area contributed by atoms with E-state index >= 15 is 0 Å². The third kappa shape index (κ3) is 7.67. The first-order valence-corrected chi connectivity index (χ1v) is 8.85. The number of carbonyl (C=O) groups is 2. The van der Waals surface area contributed by atoms with Gasteiger partial charge in [-0.25, -0.2) is 9.59 Å². The molecule has 1 aliphatic rings. The maximum Gasteiger partial charge on any atom is 0.414 e. The van der Waals surface area contributed by atoms with Gasteiger partial charge in [0.1, 0.15) is 0 Å². The zero-order chi connectivity index (χ0) is 18.8. The molecule has 2 N–H and O–H groups in total. The van der Waals surface area contributed by atoms with Crippen LogP contribution in [0, 0.1) is 6.92 Å². The van der Waals surface area contributed by atoms with E-state index in [1.165, 1.54) is 50.1 Å². The third-order valence-corrected chi connectivity index (χ3v) is 4.54. The van der Waals surface area contributed by atoms with Gasteiger partial charge in [0.25, 0.3) is 0 Å². The third-order valence-electron chi connectivity index (χ3n) is 4.54. The van der Waals surface area contributed by atoms with Crippen molar-refractivity contribution in [1.82, 2.24) is 9.80 Å². The van der Waals surface area contributed by atoms with Gasteiger partial charge in [-0.05, 0) is 25.3 Å². The summed E-state index contributed by atoms with van der Waals surface area (Å²) in [5.41, 5.74) is 2.82. The smallest absolute Gasteiger partial charge is 0.414 e. The van der Waals surface area contributed by atoms with E-state index in [1.807, 2.05) is 0 Å². The van der Waals surface area contributed by atoms with Crippen LogP contribution in [0.15, 0.2) is 24.3 Å². The summed E-state index contributed by atoms with van der Waals surface area (Å²) in [7, 11) is 0. The number of nitrogens with zero attached hydrogens (tertiary/aromatic N) is 2. The Morgan fingerprint density at radius 2 is 1.60 bits per heavy atom. The second-order valence-electron chi connectivity index (χ2n) is 6.38.